The van der Waals surface area contributed by atoms with Gasteiger partial charge in [0.25, 0.3) is 0 Å². The second kappa shape index (κ2) is 10.9. The number of aromatic nitrogens is 3. The van der Waals surface area contributed by atoms with Crippen LogP contribution in [0.2, 0.25) is 0 Å². The number of nitrogens with zero attached hydrogens (tertiary/aromatic N) is 3. The molecule has 0 amide bonds. The molecule has 1 aromatic heterocycles. The Morgan fingerprint density at radius 1 is 0.511 bits per heavy atom. The average molecular weight is 580 g/mol. The monoisotopic (exact) mass is 579 g/mol. The van der Waals surface area contributed by atoms with Crippen LogP contribution in [0.3, 0.4) is 0 Å². The molecule has 2 aliphatic rings. The second-order valence-corrected chi connectivity index (χ2v) is 11.7. The van der Waals surface area contributed by atoms with Crippen molar-refractivity contribution in [3.8, 4) is 45.3 Å². The van der Waals surface area contributed by atoms with E-state index in [1.807, 2.05) is 36.4 Å². The molecule has 5 aromatic carbocycles. The SMILES string of the molecule is CC/C=C\C1=C(CC)c2ccccc2C12c1ccccc1-c1ccc(-c3nc(-c4ccccc4)nc(-c4ccccc4)n3)cc12. The Balaban J connectivity index is 1.41. The van der Waals surface area contributed by atoms with Crippen LogP contribution in [0, 0.1) is 0 Å². The number of hydrogen-bond donors (Lipinski definition) is 0. The van der Waals surface area contributed by atoms with Crippen molar-refractivity contribution < 1.29 is 0 Å². The first-order valence-corrected chi connectivity index (χ1v) is 15.9. The molecule has 0 N–H and O–H groups in total. The first kappa shape index (κ1) is 27.2. The summed E-state index contributed by atoms with van der Waals surface area (Å²) in [5, 5.41) is 0. The lowest BCUT2D eigenvalue weighted by Gasteiger charge is -2.32. The summed E-state index contributed by atoms with van der Waals surface area (Å²) in [4.78, 5) is 15.1. The fourth-order valence-corrected chi connectivity index (χ4v) is 7.37. The molecule has 0 saturated carbocycles. The zero-order chi connectivity index (χ0) is 30.4. The Hall–Kier alpha value is -5.41. The van der Waals surface area contributed by atoms with E-state index in [4.69, 9.17) is 15.0 Å². The highest BCUT2D eigenvalue weighted by atomic mass is 15.0. The lowest BCUT2D eigenvalue weighted by Crippen LogP contribution is -2.26. The van der Waals surface area contributed by atoms with Gasteiger partial charge in [-0.1, -0.05) is 147 Å². The Bertz CT molecular complexity index is 2070. The zero-order valence-electron chi connectivity index (χ0n) is 25.5. The maximum Gasteiger partial charge on any atom is 0.164 e. The summed E-state index contributed by atoms with van der Waals surface area (Å²) in [5.74, 6) is 2.01. The number of rotatable bonds is 6. The van der Waals surface area contributed by atoms with Crippen molar-refractivity contribution in [3.63, 3.8) is 0 Å². The number of benzene rings is 5. The molecule has 3 heteroatoms. The molecule has 8 rings (SSSR count). The minimum atomic E-state index is -0.410. The standard InChI is InChI=1S/C42H33N3/c1-3-5-22-35-31(4-2)32-20-12-14-23-36(32)42(35)37-24-15-13-21-33(37)34-26-25-30(27-38(34)42)41-44-39(28-16-8-6-9-17-28)43-40(45-41)29-18-10-7-11-19-29/h5-27H,3-4H2,1-2H3/b22-5-. The van der Waals surface area contributed by atoms with Crippen LogP contribution in [0.1, 0.15) is 48.9 Å². The van der Waals surface area contributed by atoms with Gasteiger partial charge in [-0.15, -0.1) is 0 Å². The van der Waals surface area contributed by atoms with Gasteiger partial charge >= 0.3 is 0 Å². The summed E-state index contributed by atoms with van der Waals surface area (Å²) < 4.78 is 0. The molecule has 0 radical (unpaired) electrons. The quantitative estimate of drug-likeness (QED) is 0.197. The number of fused-ring (bicyclic) bond motifs is 7. The Labute approximate surface area is 264 Å². The minimum Gasteiger partial charge on any atom is -0.208 e. The first-order valence-electron chi connectivity index (χ1n) is 15.9. The van der Waals surface area contributed by atoms with Crippen LogP contribution in [0.5, 0.6) is 0 Å². The average Bonchev–Trinajstić information content (AvgIpc) is 3.57. The molecular weight excluding hydrogens is 546 g/mol. The maximum atomic E-state index is 5.08. The number of allylic oxidation sites excluding steroid dienone is 4. The Morgan fingerprint density at radius 2 is 1.02 bits per heavy atom. The predicted octanol–water partition coefficient (Wildman–Crippen LogP) is 10.3. The van der Waals surface area contributed by atoms with Crippen molar-refractivity contribution in [1.82, 2.24) is 15.0 Å². The molecule has 6 aromatic rings. The van der Waals surface area contributed by atoms with Gasteiger partial charge in [0, 0.05) is 16.7 Å². The molecule has 45 heavy (non-hydrogen) atoms. The topological polar surface area (TPSA) is 38.7 Å². The molecule has 0 aliphatic heterocycles. The Kier molecular flexibility index (Phi) is 6.60. The van der Waals surface area contributed by atoms with Crippen LogP contribution in [0.15, 0.2) is 145 Å². The van der Waals surface area contributed by atoms with Gasteiger partial charge in [0.15, 0.2) is 17.5 Å². The molecular formula is C42H33N3. The highest BCUT2D eigenvalue weighted by molar-refractivity contribution is 5.96. The first-order chi connectivity index (χ1) is 22.2. The molecule has 2 aliphatic carbocycles. The van der Waals surface area contributed by atoms with Crippen LogP contribution < -0.4 is 0 Å². The van der Waals surface area contributed by atoms with E-state index in [0.29, 0.717) is 17.5 Å². The van der Waals surface area contributed by atoms with Crippen molar-refractivity contribution in [3.05, 3.63) is 167 Å². The lowest BCUT2D eigenvalue weighted by atomic mass is 9.69. The third kappa shape index (κ3) is 4.15. The van der Waals surface area contributed by atoms with E-state index in [9.17, 15) is 0 Å². The summed E-state index contributed by atoms with van der Waals surface area (Å²) in [6.07, 6.45) is 6.65. The Morgan fingerprint density at radius 3 is 1.62 bits per heavy atom. The number of hydrogen-bond acceptors (Lipinski definition) is 3. The summed E-state index contributed by atoms with van der Waals surface area (Å²) in [7, 11) is 0. The summed E-state index contributed by atoms with van der Waals surface area (Å²) in [5.41, 5.74) is 13.2. The predicted molar refractivity (Wildman–Crippen MR) is 185 cm³/mol. The van der Waals surface area contributed by atoms with Gasteiger partial charge in [-0.05, 0) is 63.4 Å². The third-order valence-corrected chi connectivity index (χ3v) is 9.26. The lowest BCUT2D eigenvalue weighted by molar-refractivity contribution is 0.784. The molecule has 1 spiro atoms. The van der Waals surface area contributed by atoms with Gasteiger partial charge in [0.1, 0.15) is 0 Å². The van der Waals surface area contributed by atoms with Crippen LogP contribution in [0.4, 0.5) is 0 Å². The molecule has 216 valence electrons. The van der Waals surface area contributed by atoms with Crippen molar-refractivity contribution in [2.75, 3.05) is 0 Å². The van der Waals surface area contributed by atoms with E-state index >= 15 is 0 Å². The molecule has 1 unspecified atom stereocenters. The second-order valence-electron chi connectivity index (χ2n) is 11.7. The highest BCUT2D eigenvalue weighted by Crippen LogP contribution is 2.62. The van der Waals surface area contributed by atoms with Crippen LogP contribution >= 0.6 is 0 Å². The van der Waals surface area contributed by atoms with Gasteiger partial charge in [0.05, 0.1) is 5.41 Å². The summed E-state index contributed by atoms with van der Waals surface area (Å²) >= 11 is 0. The van der Waals surface area contributed by atoms with Crippen molar-refractivity contribution >= 4 is 5.57 Å². The summed E-state index contributed by atoms with van der Waals surface area (Å²) in [6, 6.07) is 45.1. The van der Waals surface area contributed by atoms with E-state index in [-0.39, 0.29) is 0 Å². The van der Waals surface area contributed by atoms with Crippen LogP contribution in [-0.2, 0) is 5.41 Å². The molecule has 0 fully saturated rings. The molecule has 1 heterocycles. The van der Waals surface area contributed by atoms with Gasteiger partial charge in [-0.2, -0.15) is 0 Å². The molecule has 0 bridgehead atoms. The van der Waals surface area contributed by atoms with E-state index < -0.39 is 5.41 Å². The smallest absolute Gasteiger partial charge is 0.164 e. The molecule has 0 saturated heterocycles. The maximum absolute atomic E-state index is 5.08. The largest absolute Gasteiger partial charge is 0.208 e. The molecule has 3 nitrogen and oxygen atoms in total. The van der Waals surface area contributed by atoms with E-state index in [0.717, 1.165) is 29.5 Å². The minimum absolute atomic E-state index is 0.410. The fourth-order valence-electron chi connectivity index (χ4n) is 7.37. The summed E-state index contributed by atoms with van der Waals surface area (Å²) in [6.45, 7) is 4.49. The van der Waals surface area contributed by atoms with Crippen molar-refractivity contribution in [2.45, 2.75) is 32.1 Å². The van der Waals surface area contributed by atoms with Gasteiger partial charge in [-0.3, -0.25) is 0 Å². The van der Waals surface area contributed by atoms with E-state index in [1.165, 1.54) is 44.5 Å². The third-order valence-electron chi connectivity index (χ3n) is 9.26. The van der Waals surface area contributed by atoms with Crippen LogP contribution in [-0.4, -0.2) is 15.0 Å². The zero-order valence-corrected chi connectivity index (χ0v) is 25.5. The van der Waals surface area contributed by atoms with E-state index in [2.05, 4.69) is 117 Å². The van der Waals surface area contributed by atoms with Gasteiger partial charge < -0.3 is 0 Å². The van der Waals surface area contributed by atoms with E-state index in [1.54, 1.807) is 0 Å². The highest BCUT2D eigenvalue weighted by Gasteiger charge is 2.51. The van der Waals surface area contributed by atoms with Crippen molar-refractivity contribution in [1.29, 1.82) is 0 Å². The van der Waals surface area contributed by atoms with Gasteiger partial charge in [-0.25, -0.2) is 15.0 Å². The van der Waals surface area contributed by atoms with Crippen molar-refractivity contribution in [2.24, 2.45) is 0 Å². The van der Waals surface area contributed by atoms with Gasteiger partial charge in [0.2, 0.25) is 0 Å². The van der Waals surface area contributed by atoms with Crippen LogP contribution in [0.25, 0.3) is 50.9 Å². The normalized spacial score (nSPS) is 16.3. The molecule has 1 atom stereocenters. The fraction of sp³-hybridized carbons (Fsp3) is 0.119.